The number of benzene rings is 2. The van der Waals surface area contributed by atoms with Gasteiger partial charge in [0.15, 0.2) is 10.9 Å². The van der Waals surface area contributed by atoms with Crippen molar-refractivity contribution in [2.45, 2.75) is 0 Å². The zero-order chi connectivity index (χ0) is 19.3. The SMILES string of the molecule is COc1ccc(C(=O)NC(=S)Nc2cc(C(=O)O)cc(Cl)c2OC)cc1. The lowest BCUT2D eigenvalue weighted by Crippen LogP contribution is -2.34. The second kappa shape index (κ2) is 8.50. The molecule has 0 saturated carbocycles. The predicted octanol–water partition coefficient (Wildman–Crippen LogP) is 3.18. The number of hydrogen-bond acceptors (Lipinski definition) is 5. The lowest BCUT2D eigenvalue weighted by Gasteiger charge is -2.15. The van der Waals surface area contributed by atoms with E-state index >= 15 is 0 Å². The molecule has 2 aromatic carbocycles. The van der Waals surface area contributed by atoms with Crippen molar-refractivity contribution < 1.29 is 24.2 Å². The number of carbonyl (C=O) groups excluding carboxylic acids is 1. The third-order valence-corrected chi connectivity index (χ3v) is 3.81. The van der Waals surface area contributed by atoms with Crippen LogP contribution < -0.4 is 20.1 Å². The van der Waals surface area contributed by atoms with Crippen LogP contribution in [0.25, 0.3) is 0 Å². The Morgan fingerprint density at radius 3 is 2.27 bits per heavy atom. The predicted molar refractivity (Wildman–Crippen MR) is 102 cm³/mol. The lowest BCUT2D eigenvalue weighted by atomic mass is 10.2. The highest BCUT2D eigenvalue weighted by Crippen LogP contribution is 2.34. The number of rotatable bonds is 5. The molecule has 0 fully saturated rings. The molecule has 0 atom stereocenters. The first-order valence-electron chi connectivity index (χ1n) is 7.23. The molecule has 0 aliphatic heterocycles. The van der Waals surface area contributed by atoms with Gasteiger partial charge in [0, 0.05) is 5.56 Å². The molecule has 0 radical (unpaired) electrons. The number of carbonyl (C=O) groups is 2. The highest BCUT2D eigenvalue weighted by Gasteiger charge is 2.16. The van der Waals surface area contributed by atoms with Gasteiger partial charge < -0.3 is 19.9 Å². The maximum atomic E-state index is 12.2. The molecule has 0 unspecified atom stereocenters. The molecule has 2 rings (SSSR count). The number of thiocarbonyl (C=S) groups is 1. The molecule has 0 aromatic heterocycles. The zero-order valence-electron chi connectivity index (χ0n) is 13.8. The first-order chi connectivity index (χ1) is 12.3. The Bertz CT molecular complexity index is 855. The molecule has 26 heavy (non-hydrogen) atoms. The second-order valence-corrected chi connectivity index (χ2v) is 5.80. The van der Waals surface area contributed by atoms with Gasteiger partial charge in [0.2, 0.25) is 0 Å². The van der Waals surface area contributed by atoms with Gasteiger partial charge in [0.25, 0.3) is 5.91 Å². The third-order valence-electron chi connectivity index (χ3n) is 3.32. The van der Waals surface area contributed by atoms with E-state index in [0.29, 0.717) is 11.3 Å². The van der Waals surface area contributed by atoms with E-state index in [9.17, 15) is 9.59 Å². The van der Waals surface area contributed by atoms with Crippen molar-refractivity contribution in [1.82, 2.24) is 5.32 Å². The summed E-state index contributed by atoms with van der Waals surface area (Å²) < 4.78 is 10.2. The number of methoxy groups -OCH3 is 2. The van der Waals surface area contributed by atoms with Crippen molar-refractivity contribution in [1.29, 1.82) is 0 Å². The number of carboxylic acids is 1. The van der Waals surface area contributed by atoms with Gasteiger partial charge >= 0.3 is 5.97 Å². The number of nitrogens with one attached hydrogen (secondary N) is 2. The maximum absolute atomic E-state index is 12.2. The Morgan fingerprint density at radius 2 is 1.73 bits per heavy atom. The topological polar surface area (TPSA) is 96.9 Å². The smallest absolute Gasteiger partial charge is 0.335 e. The van der Waals surface area contributed by atoms with Crippen molar-refractivity contribution in [3.05, 3.63) is 52.5 Å². The first-order valence-corrected chi connectivity index (χ1v) is 8.01. The summed E-state index contributed by atoms with van der Waals surface area (Å²) in [6, 6.07) is 9.01. The minimum atomic E-state index is -1.16. The van der Waals surface area contributed by atoms with Crippen molar-refractivity contribution in [2.75, 3.05) is 19.5 Å². The first kappa shape index (κ1) is 19.5. The fourth-order valence-corrected chi connectivity index (χ4v) is 2.59. The Labute approximate surface area is 159 Å². The van der Waals surface area contributed by atoms with E-state index in [0.717, 1.165) is 0 Å². The van der Waals surface area contributed by atoms with Crippen LogP contribution in [0.15, 0.2) is 36.4 Å². The lowest BCUT2D eigenvalue weighted by molar-refractivity contribution is 0.0696. The molecule has 0 heterocycles. The molecule has 2 aromatic rings. The van der Waals surface area contributed by atoms with E-state index < -0.39 is 11.9 Å². The quantitative estimate of drug-likeness (QED) is 0.670. The fourth-order valence-electron chi connectivity index (χ4n) is 2.09. The van der Waals surface area contributed by atoms with Gasteiger partial charge in [-0.25, -0.2) is 4.79 Å². The Hall–Kier alpha value is -2.84. The average Bonchev–Trinajstić information content (AvgIpc) is 2.61. The molecule has 9 heteroatoms. The van der Waals surface area contributed by atoms with Crippen molar-refractivity contribution in [2.24, 2.45) is 0 Å². The standard InChI is InChI=1S/C17H15ClN2O5S/c1-24-11-5-3-9(4-6-11)15(21)20-17(26)19-13-8-10(16(22)23)7-12(18)14(13)25-2/h3-8H,1-2H3,(H,22,23)(H2,19,20,21,26). The number of aromatic carboxylic acids is 1. The zero-order valence-corrected chi connectivity index (χ0v) is 15.4. The summed E-state index contributed by atoms with van der Waals surface area (Å²) in [6.45, 7) is 0. The molecule has 136 valence electrons. The van der Waals surface area contributed by atoms with E-state index in [1.165, 1.54) is 26.4 Å². The highest BCUT2D eigenvalue weighted by molar-refractivity contribution is 7.80. The van der Waals surface area contributed by atoms with Gasteiger partial charge in [0.1, 0.15) is 5.75 Å². The number of anilines is 1. The highest BCUT2D eigenvalue weighted by atomic mass is 35.5. The van der Waals surface area contributed by atoms with Gasteiger partial charge in [-0.2, -0.15) is 0 Å². The fraction of sp³-hybridized carbons (Fsp3) is 0.118. The van der Waals surface area contributed by atoms with Crippen LogP contribution in [0.4, 0.5) is 5.69 Å². The van der Waals surface area contributed by atoms with Crippen molar-refractivity contribution in [3.8, 4) is 11.5 Å². The van der Waals surface area contributed by atoms with Crippen LogP contribution in [-0.4, -0.2) is 36.3 Å². The summed E-state index contributed by atoms with van der Waals surface area (Å²) in [7, 11) is 2.91. The second-order valence-electron chi connectivity index (χ2n) is 4.98. The van der Waals surface area contributed by atoms with E-state index in [2.05, 4.69) is 10.6 Å². The number of carboxylic acid groups (broad SMARTS) is 1. The van der Waals surface area contributed by atoms with E-state index in [1.807, 2.05) is 0 Å². The summed E-state index contributed by atoms with van der Waals surface area (Å²) in [5.74, 6) is -0.778. The van der Waals surface area contributed by atoms with E-state index in [4.69, 9.17) is 38.4 Å². The van der Waals surface area contributed by atoms with Crippen molar-refractivity contribution >= 4 is 46.5 Å². The summed E-state index contributed by atoms with van der Waals surface area (Å²) >= 11 is 11.1. The molecule has 0 spiro atoms. The molecule has 0 aliphatic rings. The van der Waals surface area contributed by atoms with Gasteiger partial charge in [-0.1, -0.05) is 11.6 Å². The molecule has 7 nitrogen and oxygen atoms in total. The molecule has 0 bridgehead atoms. The Balaban J connectivity index is 2.16. The number of ether oxygens (including phenoxy) is 2. The maximum Gasteiger partial charge on any atom is 0.335 e. The molecule has 0 aliphatic carbocycles. The molecular weight excluding hydrogens is 380 g/mol. The minimum Gasteiger partial charge on any atom is -0.497 e. The summed E-state index contributed by atoms with van der Waals surface area (Å²) in [5.41, 5.74) is 0.541. The summed E-state index contributed by atoms with van der Waals surface area (Å²) in [4.78, 5) is 23.4. The van der Waals surface area contributed by atoms with E-state index in [-0.39, 0.29) is 27.1 Å². The third kappa shape index (κ3) is 4.62. The van der Waals surface area contributed by atoms with Gasteiger partial charge in [-0.15, -0.1) is 0 Å². The largest absolute Gasteiger partial charge is 0.497 e. The molecule has 3 N–H and O–H groups in total. The number of halogens is 1. The number of hydrogen-bond donors (Lipinski definition) is 3. The molecule has 1 amide bonds. The Kier molecular flexibility index (Phi) is 6.37. The van der Waals surface area contributed by atoms with Gasteiger partial charge in [0.05, 0.1) is 30.5 Å². The monoisotopic (exact) mass is 394 g/mol. The Morgan fingerprint density at radius 1 is 1.08 bits per heavy atom. The summed E-state index contributed by atoms with van der Waals surface area (Å²) in [6.07, 6.45) is 0. The van der Waals surface area contributed by atoms with Gasteiger partial charge in [-0.3, -0.25) is 10.1 Å². The van der Waals surface area contributed by atoms with Crippen LogP contribution in [0.1, 0.15) is 20.7 Å². The van der Waals surface area contributed by atoms with Crippen molar-refractivity contribution in [3.63, 3.8) is 0 Å². The van der Waals surface area contributed by atoms with Crippen LogP contribution in [0.3, 0.4) is 0 Å². The molecular formula is C17H15ClN2O5S. The van der Waals surface area contributed by atoms with Crippen LogP contribution in [0, 0.1) is 0 Å². The molecule has 0 saturated heterocycles. The number of amides is 1. The van der Waals surface area contributed by atoms with Crippen LogP contribution in [0.2, 0.25) is 5.02 Å². The average molecular weight is 395 g/mol. The van der Waals surface area contributed by atoms with Gasteiger partial charge in [-0.05, 0) is 48.6 Å². The van der Waals surface area contributed by atoms with E-state index in [1.54, 1.807) is 24.3 Å². The minimum absolute atomic E-state index is 0.0391. The van der Waals surface area contributed by atoms with Crippen LogP contribution in [0.5, 0.6) is 11.5 Å². The summed E-state index contributed by atoms with van der Waals surface area (Å²) in [5, 5.41) is 14.4. The van der Waals surface area contributed by atoms with Crippen LogP contribution >= 0.6 is 23.8 Å². The van der Waals surface area contributed by atoms with Crippen LogP contribution in [-0.2, 0) is 0 Å². The normalized spacial score (nSPS) is 9.96.